The zero-order valence-electron chi connectivity index (χ0n) is 25.7. The number of methoxy groups -OCH3 is 1. The van der Waals surface area contributed by atoms with Crippen molar-refractivity contribution in [2.45, 2.75) is 57.5 Å². The van der Waals surface area contributed by atoms with Crippen molar-refractivity contribution < 1.29 is 24.1 Å². The number of hydrogen-bond donors (Lipinski definition) is 2. The Morgan fingerprint density at radius 3 is 2.73 bits per heavy atom. The average Bonchev–Trinajstić information content (AvgIpc) is 3.60. The highest BCUT2D eigenvalue weighted by molar-refractivity contribution is 5.92. The number of aromatic nitrogens is 3. The second-order valence-corrected chi connectivity index (χ2v) is 12.2. The van der Waals surface area contributed by atoms with Gasteiger partial charge in [0.15, 0.2) is 0 Å². The van der Waals surface area contributed by atoms with Crippen molar-refractivity contribution in [1.82, 2.24) is 24.4 Å². The molecule has 2 fully saturated rings. The van der Waals surface area contributed by atoms with Crippen LogP contribution in [0, 0.1) is 0 Å². The van der Waals surface area contributed by atoms with E-state index < -0.39 is 5.97 Å². The number of carboxylic acids is 1. The zero-order chi connectivity index (χ0) is 30.8. The molecule has 2 aromatic carbocycles. The minimum Gasteiger partial charge on any atom is -0.478 e. The van der Waals surface area contributed by atoms with Crippen molar-refractivity contribution in [1.29, 1.82) is 0 Å². The van der Waals surface area contributed by atoms with Gasteiger partial charge in [0, 0.05) is 44.5 Å². The number of hydrogen-bond acceptors (Lipinski definition) is 9. The van der Waals surface area contributed by atoms with Gasteiger partial charge < -0.3 is 29.3 Å². The summed E-state index contributed by atoms with van der Waals surface area (Å²) in [5.74, 6) is 1.05. The maximum atomic E-state index is 11.6. The van der Waals surface area contributed by atoms with E-state index in [0.29, 0.717) is 38.1 Å². The lowest BCUT2D eigenvalue weighted by Crippen LogP contribution is -2.35. The predicted molar refractivity (Wildman–Crippen MR) is 169 cm³/mol. The van der Waals surface area contributed by atoms with E-state index in [1.807, 2.05) is 18.2 Å². The standard InChI is InChI=1S/C34H40N6O5/c1-43-16-14-39-19-26-6-5-23(17-30(26)37-39)22-45-33-4-2-3-28(36-33)24-9-12-38(13-10-24)21-32-35-29-8-7-25(34(41)42)18-31(29)40(32)20-27-11-15-44-27/h2-8,17-18,24,27,37H,9-16,19-22H2,1H3,(H,41,42)/t27-/m0/s1. The second kappa shape index (κ2) is 13.1. The van der Waals surface area contributed by atoms with Crippen molar-refractivity contribution in [2.75, 3.05) is 45.4 Å². The molecular formula is C34H40N6O5. The molecule has 2 N–H and O–H groups in total. The van der Waals surface area contributed by atoms with Crippen LogP contribution in [0.2, 0.25) is 0 Å². The summed E-state index contributed by atoms with van der Waals surface area (Å²) in [6.45, 7) is 6.90. The first-order valence-electron chi connectivity index (χ1n) is 15.8. The van der Waals surface area contributed by atoms with Gasteiger partial charge in [-0.1, -0.05) is 18.2 Å². The first kappa shape index (κ1) is 29.7. The van der Waals surface area contributed by atoms with Crippen LogP contribution in [0.3, 0.4) is 0 Å². The van der Waals surface area contributed by atoms with Gasteiger partial charge in [0.1, 0.15) is 12.4 Å². The number of hydrazine groups is 1. The molecule has 0 saturated carbocycles. The molecule has 0 spiro atoms. The number of benzene rings is 2. The normalized spacial score (nSPS) is 18.9. The molecule has 3 aliphatic heterocycles. The van der Waals surface area contributed by atoms with Crippen LogP contribution in [-0.4, -0.2) is 81.6 Å². The van der Waals surface area contributed by atoms with Crippen LogP contribution in [0.1, 0.15) is 58.2 Å². The predicted octanol–water partition coefficient (Wildman–Crippen LogP) is 4.67. The van der Waals surface area contributed by atoms with Crippen molar-refractivity contribution in [3.8, 4) is 5.88 Å². The highest BCUT2D eigenvalue weighted by Crippen LogP contribution is 2.31. The van der Waals surface area contributed by atoms with Crippen LogP contribution in [0.15, 0.2) is 54.6 Å². The highest BCUT2D eigenvalue weighted by Gasteiger charge is 2.26. The topological polar surface area (TPSA) is 114 Å². The number of ether oxygens (including phenoxy) is 3. The lowest BCUT2D eigenvalue weighted by molar-refractivity contribution is -0.0592. The third-order valence-electron chi connectivity index (χ3n) is 9.14. The lowest BCUT2D eigenvalue weighted by atomic mass is 9.93. The molecule has 0 amide bonds. The van der Waals surface area contributed by atoms with Gasteiger partial charge in [0.25, 0.3) is 0 Å². The fourth-order valence-electron chi connectivity index (χ4n) is 6.45. The molecule has 0 unspecified atom stereocenters. The van der Waals surface area contributed by atoms with E-state index in [-0.39, 0.29) is 11.7 Å². The number of carbonyl (C=O) groups is 1. The number of pyridine rings is 1. The van der Waals surface area contributed by atoms with Crippen molar-refractivity contribution in [3.05, 3.63) is 82.8 Å². The summed E-state index contributed by atoms with van der Waals surface area (Å²) in [6, 6.07) is 17.7. The molecule has 1 atom stereocenters. The summed E-state index contributed by atoms with van der Waals surface area (Å²) in [5.41, 5.74) is 9.99. The Labute approximate surface area is 262 Å². The van der Waals surface area contributed by atoms with Crippen LogP contribution in [0.5, 0.6) is 5.88 Å². The molecule has 5 heterocycles. The van der Waals surface area contributed by atoms with E-state index in [9.17, 15) is 9.90 Å². The Morgan fingerprint density at radius 2 is 1.96 bits per heavy atom. The Kier molecular flexibility index (Phi) is 8.66. The molecule has 3 aliphatic rings. The fourth-order valence-corrected chi connectivity index (χ4v) is 6.45. The van der Waals surface area contributed by atoms with E-state index in [4.69, 9.17) is 24.2 Å². The van der Waals surface area contributed by atoms with E-state index in [2.05, 4.69) is 44.2 Å². The molecule has 0 aliphatic carbocycles. The Bertz CT molecular complexity index is 1660. The largest absolute Gasteiger partial charge is 0.478 e. The molecule has 236 valence electrons. The number of likely N-dealkylation sites (tertiary alicyclic amines) is 1. The molecular weight excluding hydrogens is 572 g/mol. The summed E-state index contributed by atoms with van der Waals surface area (Å²) in [4.78, 5) is 23.9. The van der Waals surface area contributed by atoms with Crippen LogP contribution >= 0.6 is 0 Å². The summed E-state index contributed by atoms with van der Waals surface area (Å²) in [5, 5.41) is 11.7. The molecule has 0 radical (unpaired) electrons. The van der Waals surface area contributed by atoms with Crippen LogP contribution in [0.4, 0.5) is 5.69 Å². The minimum atomic E-state index is -0.928. The van der Waals surface area contributed by atoms with Gasteiger partial charge in [-0.3, -0.25) is 4.90 Å². The molecule has 4 aromatic rings. The number of imidazole rings is 1. The van der Waals surface area contributed by atoms with Gasteiger partial charge >= 0.3 is 5.97 Å². The van der Waals surface area contributed by atoms with E-state index in [1.54, 1.807) is 19.2 Å². The number of aromatic carboxylic acids is 1. The zero-order valence-corrected chi connectivity index (χ0v) is 25.7. The van der Waals surface area contributed by atoms with Gasteiger partial charge in [-0.05, 0) is 73.8 Å². The summed E-state index contributed by atoms with van der Waals surface area (Å²) >= 11 is 0. The lowest BCUT2D eigenvalue weighted by Gasteiger charge is -2.32. The number of piperidine rings is 1. The van der Waals surface area contributed by atoms with Gasteiger partial charge in [-0.15, -0.1) is 0 Å². The number of nitrogens with one attached hydrogen (secondary N) is 1. The molecule has 45 heavy (non-hydrogen) atoms. The molecule has 0 bridgehead atoms. The van der Waals surface area contributed by atoms with E-state index >= 15 is 0 Å². The summed E-state index contributed by atoms with van der Waals surface area (Å²) in [6.07, 6.45) is 3.16. The maximum absolute atomic E-state index is 11.6. The highest BCUT2D eigenvalue weighted by atomic mass is 16.5. The van der Waals surface area contributed by atoms with Crippen LogP contribution in [0.25, 0.3) is 11.0 Å². The van der Waals surface area contributed by atoms with Crippen molar-refractivity contribution >= 4 is 22.7 Å². The minimum absolute atomic E-state index is 0.150. The fraction of sp³-hybridized carbons (Fsp3) is 0.441. The Hall–Kier alpha value is -4.03. The third kappa shape index (κ3) is 6.67. The summed E-state index contributed by atoms with van der Waals surface area (Å²) < 4.78 is 19.2. The average molecular weight is 613 g/mol. The number of rotatable bonds is 12. The molecule has 2 aromatic heterocycles. The smallest absolute Gasteiger partial charge is 0.335 e. The molecule has 7 rings (SSSR count). The Morgan fingerprint density at radius 1 is 1.09 bits per heavy atom. The molecule has 11 heteroatoms. The van der Waals surface area contributed by atoms with Crippen molar-refractivity contribution in [3.63, 3.8) is 0 Å². The van der Waals surface area contributed by atoms with Crippen LogP contribution < -0.4 is 10.2 Å². The maximum Gasteiger partial charge on any atom is 0.335 e. The monoisotopic (exact) mass is 612 g/mol. The number of anilines is 1. The molecule has 2 saturated heterocycles. The number of nitrogens with zero attached hydrogens (tertiary/aromatic N) is 5. The SMILES string of the molecule is COCCN1Cc2ccc(COc3cccc(C4CCN(Cc5nc6ccc(C(=O)O)cc6n5C[C@@H]5CCO5)CC4)n3)cc2N1. The van der Waals surface area contributed by atoms with Gasteiger partial charge in [0.2, 0.25) is 5.88 Å². The third-order valence-corrected chi connectivity index (χ3v) is 9.14. The second-order valence-electron chi connectivity index (χ2n) is 12.2. The van der Waals surface area contributed by atoms with Gasteiger partial charge in [-0.2, -0.15) is 0 Å². The van der Waals surface area contributed by atoms with Crippen molar-refractivity contribution in [2.24, 2.45) is 0 Å². The molecule has 11 nitrogen and oxygen atoms in total. The number of carboxylic acid groups (broad SMARTS) is 1. The van der Waals surface area contributed by atoms with E-state index in [0.717, 1.165) is 85.9 Å². The quantitative estimate of drug-likeness (QED) is 0.234. The van der Waals surface area contributed by atoms with Crippen LogP contribution in [-0.2, 0) is 35.7 Å². The number of fused-ring (bicyclic) bond motifs is 2. The van der Waals surface area contributed by atoms with Gasteiger partial charge in [-0.25, -0.2) is 19.8 Å². The van der Waals surface area contributed by atoms with E-state index in [1.165, 1.54) is 5.56 Å². The summed E-state index contributed by atoms with van der Waals surface area (Å²) in [7, 11) is 1.72. The first-order chi connectivity index (χ1) is 22.0. The first-order valence-corrected chi connectivity index (χ1v) is 15.8. The van der Waals surface area contributed by atoms with Gasteiger partial charge in [0.05, 0.1) is 48.1 Å². The Balaban J connectivity index is 0.960.